The maximum absolute atomic E-state index is 11.1. The molecule has 15 nitrogen and oxygen atoms in total. The molecule has 0 bridgehead atoms. The number of carbonyl (C=O) groups excluding carboxylic acids is 4. The number of esters is 2. The van der Waals surface area contributed by atoms with Crippen LogP contribution in [-0.4, -0.2) is 119 Å². The molecule has 0 saturated carbocycles. The number of aliphatic hydroxyl groups excluding tert-OH is 6. The van der Waals surface area contributed by atoms with Gasteiger partial charge in [-0.1, -0.05) is 0 Å². The summed E-state index contributed by atoms with van der Waals surface area (Å²) in [6.45, 7) is 5.61. The normalized spacial score (nSPS) is 12.4. The molecule has 33 heavy (non-hydrogen) atoms. The standard InChI is InChI=1S/C9H18N2O6.C3H8O2.C2H2O3.2C2H6O/c1-5(17-9(15)7(11)3-13)4-16-8(14)6(10)2-12;1-3(5)2-4;3-1-5-2-4;2*1-2-3/h5-7,12-13H,2-4,10-11H2,1H3;3-5H,2H2,1H3;1-2H;2*3H,2H2,1H3/t5?,6-,7-;;;;/m0..../s1. The summed E-state index contributed by atoms with van der Waals surface area (Å²) in [6, 6.07) is -2.23. The van der Waals surface area contributed by atoms with Crippen LogP contribution in [0.15, 0.2) is 0 Å². The van der Waals surface area contributed by atoms with E-state index in [0.717, 1.165) is 0 Å². The first-order chi connectivity index (χ1) is 15.4. The third-order valence-electron chi connectivity index (χ3n) is 2.15. The Bertz CT molecular complexity index is 432. The lowest BCUT2D eigenvalue weighted by atomic mass is 10.3. The monoisotopic (exact) mass is 492 g/mol. The van der Waals surface area contributed by atoms with Gasteiger partial charge in [0.15, 0.2) is 0 Å². The van der Waals surface area contributed by atoms with Crippen LogP contribution in [0.1, 0.15) is 27.7 Å². The van der Waals surface area contributed by atoms with Gasteiger partial charge in [0.25, 0.3) is 0 Å². The van der Waals surface area contributed by atoms with Crippen LogP contribution in [0, 0.1) is 0 Å². The van der Waals surface area contributed by atoms with E-state index in [2.05, 4.69) is 9.47 Å². The first kappa shape index (κ1) is 41.1. The summed E-state index contributed by atoms with van der Waals surface area (Å²) < 4.78 is 12.9. The van der Waals surface area contributed by atoms with E-state index in [1.807, 2.05) is 0 Å². The van der Waals surface area contributed by atoms with E-state index in [0.29, 0.717) is 0 Å². The summed E-state index contributed by atoms with van der Waals surface area (Å²) in [5, 5.41) is 48.3. The molecule has 0 aliphatic carbocycles. The van der Waals surface area contributed by atoms with Crippen molar-refractivity contribution in [2.75, 3.05) is 39.6 Å². The molecule has 0 fully saturated rings. The molecule has 0 amide bonds. The van der Waals surface area contributed by atoms with Gasteiger partial charge >= 0.3 is 24.9 Å². The highest BCUT2D eigenvalue weighted by molar-refractivity contribution is 5.76. The predicted octanol–water partition coefficient (Wildman–Crippen LogP) is -4.23. The SMILES string of the molecule is CC(COC(=O)[C@@H](N)CO)OC(=O)[C@@H](N)CO.CC(O)CO.CCO.CCO.O=COC=O. The van der Waals surface area contributed by atoms with Gasteiger partial charge in [0, 0.05) is 13.2 Å². The third kappa shape index (κ3) is 44.3. The van der Waals surface area contributed by atoms with Crippen LogP contribution in [-0.2, 0) is 33.4 Å². The molecule has 200 valence electrons. The largest absolute Gasteiger partial charge is 0.461 e. The number of ether oxygens (including phenoxy) is 3. The zero-order chi connectivity index (χ0) is 27.2. The average Bonchev–Trinajstić information content (AvgIpc) is 2.78. The van der Waals surface area contributed by atoms with Crippen LogP contribution in [0.25, 0.3) is 0 Å². The van der Waals surface area contributed by atoms with Crippen molar-refractivity contribution in [3.8, 4) is 0 Å². The summed E-state index contributed by atoms with van der Waals surface area (Å²) in [7, 11) is 0. The Labute approximate surface area is 192 Å². The highest BCUT2D eigenvalue weighted by Crippen LogP contribution is 1.96. The number of hydrogen-bond donors (Lipinski definition) is 8. The molecule has 0 saturated heterocycles. The van der Waals surface area contributed by atoms with Gasteiger partial charge in [0.2, 0.25) is 0 Å². The average molecular weight is 493 g/mol. The van der Waals surface area contributed by atoms with Gasteiger partial charge in [-0.2, -0.15) is 0 Å². The number of aliphatic hydroxyl groups is 6. The zero-order valence-corrected chi connectivity index (χ0v) is 19.4. The maximum atomic E-state index is 11.1. The maximum Gasteiger partial charge on any atom is 0.325 e. The van der Waals surface area contributed by atoms with E-state index >= 15 is 0 Å². The van der Waals surface area contributed by atoms with Crippen LogP contribution in [0.2, 0.25) is 0 Å². The van der Waals surface area contributed by atoms with Crippen molar-refractivity contribution in [3.05, 3.63) is 0 Å². The molecule has 0 aromatic carbocycles. The van der Waals surface area contributed by atoms with E-state index in [1.165, 1.54) is 13.8 Å². The van der Waals surface area contributed by atoms with Gasteiger partial charge < -0.3 is 56.3 Å². The minimum Gasteiger partial charge on any atom is -0.461 e. The van der Waals surface area contributed by atoms with Crippen molar-refractivity contribution in [1.82, 2.24) is 0 Å². The van der Waals surface area contributed by atoms with E-state index < -0.39 is 49.4 Å². The van der Waals surface area contributed by atoms with E-state index in [1.54, 1.807) is 13.8 Å². The highest BCUT2D eigenvalue weighted by Gasteiger charge is 2.19. The van der Waals surface area contributed by atoms with Gasteiger partial charge in [0.05, 0.1) is 25.9 Å². The van der Waals surface area contributed by atoms with Gasteiger partial charge in [-0.15, -0.1) is 0 Å². The number of hydrogen-bond acceptors (Lipinski definition) is 15. The Hall–Kier alpha value is -2.24. The van der Waals surface area contributed by atoms with Gasteiger partial charge in [0.1, 0.15) is 24.8 Å². The molecule has 4 atom stereocenters. The number of nitrogens with two attached hydrogens (primary N) is 2. The molecule has 0 spiro atoms. The summed E-state index contributed by atoms with van der Waals surface area (Å²) in [6.07, 6.45) is -1.27. The fourth-order valence-electron chi connectivity index (χ4n) is 0.798. The van der Waals surface area contributed by atoms with Crippen molar-refractivity contribution in [2.24, 2.45) is 11.5 Å². The molecule has 0 aromatic rings. The lowest BCUT2D eigenvalue weighted by molar-refractivity contribution is -0.160. The van der Waals surface area contributed by atoms with Crippen LogP contribution in [0.4, 0.5) is 0 Å². The molecule has 0 aromatic heterocycles. The summed E-state index contributed by atoms with van der Waals surface area (Å²) >= 11 is 0. The van der Waals surface area contributed by atoms with Crippen LogP contribution in [0.3, 0.4) is 0 Å². The predicted molar refractivity (Wildman–Crippen MR) is 114 cm³/mol. The second kappa shape index (κ2) is 34.4. The van der Waals surface area contributed by atoms with Crippen LogP contribution >= 0.6 is 0 Å². The number of rotatable bonds is 10. The molecule has 0 rings (SSSR count). The van der Waals surface area contributed by atoms with Crippen molar-refractivity contribution >= 4 is 24.9 Å². The Morgan fingerprint density at radius 2 is 1.15 bits per heavy atom. The van der Waals surface area contributed by atoms with Gasteiger partial charge in [-0.05, 0) is 27.7 Å². The highest BCUT2D eigenvalue weighted by atomic mass is 16.6. The molecule has 0 radical (unpaired) electrons. The Kier molecular flexibility index (Phi) is 42.8. The lowest BCUT2D eigenvalue weighted by Gasteiger charge is -2.16. The molecular weight excluding hydrogens is 452 g/mol. The molecule has 0 aliphatic heterocycles. The third-order valence-corrected chi connectivity index (χ3v) is 2.15. The minimum absolute atomic E-state index is 0.0625. The topological polar surface area (TPSA) is 269 Å². The second-order valence-electron chi connectivity index (χ2n) is 5.45. The Morgan fingerprint density at radius 3 is 1.39 bits per heavy atom. The van der Waals surface area contributed by atoms with Crippen LogP contribution in [0.5, 0.6) is 0 Å². The fourth-order valence-corrected chi connectivity index (χ4v) is 0.798. The Balaban J connectivity index is -0.000000132. The first-order valence-corrected chi connectivity index (χ1v) is 9.57. The molecule has 0 aliphatic rings. The first-order valence-electron chi connectivity index (χ1n) is 9.57. The quantitative estimate of drug-likeness (QED) is 0.0621. The Morgan fingerprint density at radius 1 is 0.818 bits per heavy atom. The summed E-state index contributed by atoms with van der Waals surface area (Å²) in [5.41, 5.74) is 10.4. The molecule has 10 N–H and O–H groups in total. The summed E-state index contributed by atoms with van der Waals surface area (Å²) in [4.78, 5) is 40.1. The van der Waals surface area contributed by atoms with Crippen molar-refractivity contribution < 1.29 is 64.0 Å². The van der Waals surface area contributed by atoms with E-state index in [9.17, 15) is 9.59 Å². The molecule has 0 heterocycles. The van der Waals surface area contributed by atoms with Crippen LogP contribution < -0.4 is 11.5 Å². The zero-order valence-electron chi connectivity index (χ0n) is 19.4. The summed E-state index contributed by atoms with van der Waals surface area (Å²) in [5.74, 6) is -1.58. The molecular formula is C18H40N2O13. The van der Waals surface area contributed by atoms with Crippen molar-refractivity contribution in [1.29, 1.82) is 0 Å². The lowest BCUT2D eigenvalue weighted by Crippen LogP contribution is -2.40. The van der Waals surface area contributed by atoms with Crippen molar-refractivity contribution in [2.45, 2.75) is 52.0 Å². The van der Waals surface area contributed by atoms with E-state index in [4.69, 9.17) is 56.4 Å². The second-order valence-corrected chi connectivity index (χ2v) is 5.45. The van der Waals surface area contributed by atoms with Gasteiger partial charge in [-0.25, -0.2) is 0 Å². The molecule has 15 heteroatoms. The van der Waals surface area contributed by atoms with Crippen molar-refractivity contribution in [3.63, 3.8) is 0 Å². The van der Waals surface area contributed by atoms with Gasteiger partial charge in [-0.3, -0.25) is 19.2 Å². The fraction of sp³-hybridized carbons (Fsp3) is 0.778. The molecule has 2 unspecified atom stereocenters. The number of carbonyl (C=O) groups is 4. The minimum atomic E-state index is -1.12. The van der Waals surface area contributed by atoms with E-state index in [-0.39, 0.29) is 39.4 Å². The smallest absolute Gasteiger partial charge is 0.325 e.